The molecular weight excluding hydrogens is 316 g/mol. The summed E-state index contributed by atoms with van der Waals surface area (Å²) >= 11 is 0. The smallest absolute Gasteiger partial charge is 0.0488 e. The molecule has 2 aromatic heterocycles. The lowest BCUT2D eigenvalue weighted by Gasteiger charge is -1.99. The molecule has 2 nitrogen and oxygen atoms in total. The van der Waals surface area contributed by atoms with Crippen LogP contribution >= 0.6 is 0 Å². The minimum Gasteiger partial charge on any atom is -0.324 e. The molecule has 3 heterocycles. The summed E-state index contributed by atoms with van der Waals surface area (Å²) in [7, 11) is 0. The first-order valence-electron chi connectivity index (χ1n) is 8.35. The molecule has 0 radical (unpaired) electrons. The van der Waals surface area contributed by atoms with Crippen molar-refractivity contribution in [2.24, 2.45) is 0 Å². The molecule has 0 bridgehead atoms. The highest BCUT2D eigenvalue weighted by Crippen LogP contribution is 2.27. The average Bonchev–Trinajstić information content (AvgIpc) is 3.42. The maximum atomic E-state index is 3.00. The van der Waals surface area contributed by atoms with Crippen molar-refractivity contribution in [2.45, 2.75) is 13.8 Å². The average molecular weight is 342 g/mol. The first-order valence-corrected chi connectivity index (χ1v) is 8.35. The van der Waals surface area contributed by atoms with Crippen LogP contribution < -0.4 is 0 Å². The Morgan fingerprint density at radius 3 is 2.04 bits per heavy atom. The van der Waals surface area contributed by atoms with Crippen molar-refractivity contribution in [3.8, 4) is 11.4 Å². The van der Waals surface area contributed by atoms with E-state index < -0.39 is 0 Å². The van der Waals surface area contributed by atoms with Crippen molar-refractivity contribution in [2.75, 3.05) is 0 Å². The number of rotatable bonds is 1. The van der Waals surface area contributed by atoms with Crippen LogP contribution in [-0.2, 0) is 6.42 Å². The maximum Gasteiger partial charge on any atom is 0.0488 e. The second kappa shape index (κ2) is 9.28. The third-order valence-corrected chi connectivity index (χ3v) is 4.11. The number of nitrogens with zero attached hydrogens (tertiary/aromatic N) is 2. The molecule has 0 spiro atoms. The predicted molar refractivity (Wildman–Crippen MR) is 112 cm³/mol. The first kappa shape index (κ1) is 19.1. The Kier molecular flexibility index (Phi) is 6.81. The van der Waals surface area contributed by atoms with E-state index in [-0.39, 0.29) is 7.43 Å². The quantitative estimate of drug-likeness (QED) is 0.316. The van der Waals surface area contributed by atoms with Crippen LogP contribution in [-0.4, -0.2) is 9.13 Å². The Balaban J connectivity index is 0.000000166. The molecule has 0 fully saturated rings. The second-order valence-corrected chi connectivity index (χ2v) is 5.60. The zero-order chi connectivity index (χ0) is 17.5. The van der Waals surface area contributed by atoms with E-state index >= 15 is 0 Å². The van der Waals surface area contributed by atoms with Crippen LogP contribution in [0.15, 0.2) is 111 Å². The van der Waals surface area contributed by atoms with Gasteiger partial charge in [0.2, 0.25) is 0 Å². The monoisotopic (exact) mass is 342 g/mol. The lowest BCUT2D eigenvalue weighted by atomic mass is 10.1. The van der Waals surface area contributed by atoms with Gasteiger partial charge in [-0.2, -0.15) is 0 Å². The van der Waals surface area contributed by atoms with Gasteiger partial charge in [-0.15, -0.1) is 13.2 Å². The van der Waals surface area contributed by atoms with Crippen molar-refractivity contribution in [3.05, 3.63) is 122 Å². The van der Waals surface area contributed by atoms with Gasteiger partial charge in [0.05, 0.1) is 0 Å². The molecule has 4 aromatic rings. The number of hydrogen-bond acceptors (Lipinski definition) is 0. The van der Waals surface area contributed by atoms with E-state index in [1.165, 1.54) is 22.6 Å². The number of hydrogen-bond donors (Lipinski definition) is 0. The summed E-state index contributed by atoms with van der Waals surface area (Å²) in [5.41, 5.74) is 5.39. The zero-order valence-electron chi connectivity index (χ0n) is 14.3. The van der Waals surface area contributed by atoms with Crippen LogP contribution in [0.4, 0.5) is 0 Å². The molecule has 2 aromatic carbocycles. The van der Waals surface area contributed by atoms with Crippen molar-refractivity contribution in [3.63, 3.8) is 0 Å². The molecule has 0 N–H and O–H groups in total. The molecule has 132 valence electrons. The van der Waals surface area contributed by atoms with Gasteiger partial charge in [0.1, 0.15) is 0 Å². The van der Waals surface area contributed by atoms with Crippen molar-refractivity contribution < 1.29 is 0 Å². The normalized spacial score (nSPS) is 10.2. The van der Waals surface area contributed by atoms with Gasteiger partial charge in [-0.1, -0.05) is 43.8 Å². The van der Waals surface area contributed by atoms with Crippen molar-refractivity contribution in [1.29, 1.82) is 0 Å². The molecule has 0 atom stereocenters. The summed E-state index contributed by atoms with van der Waals surface area (Å²) in [6.45, 7) is 6.00. The van der Waals surface area contributed by atoms with Gasteiger partial charge >= 0.3 is 0 Å². The summed E-state index contributed by atoms with van der Waals surface area (Å²) in [6.07, 6.45) is 7.29. The third-order valence-electron chi connectivity index (χ3n) is 4.11. The Morgan fingerprint density at radius 1 is 0.654 bits per heavy atom. The van der Waals surface area contributed by atoms with Gasteiger partial charge in [0.15, 0.2) is 0 Å². The Labute approximate surface area is 156 Å². The van der Waals surface area contributed by atoms with Crippen LogP contribution in [0.1, 0.15) is 18.7 Å². The van der Waals surface area contributed by atoms with Crippen LogP contribution in [0.2, 0.25) is 0 Å². The highest BCUT2D eigenvalue weighted by molar-refractivity contribution is 5.50. The van der Waals surface area contributed by atoms with E-state index in [2.05, 4.69) is 77.0 Å². The van der Waals surface area contributed by atoms with Gasteiger partial charge in [-0.25, -0.2) is 0 Å². The largest absolute Gasteiger partial charge is 0.324 e. The van der Waals surface area contributed by atoms with Crippen LogP contribution in [0, 0.1) is 0 Å². The van der Waals surface area contributed by atoms with Gasteiger partial charge in [0.25, 0.3) is 0 Å². The van der Waals surface area contributed by atoms with Crippen molar-refractivity contribution in [1.82, 2.24) is 9.13 Å². The molecule has 5 rings (SSSR count). The van der Waals surface area contributed by atoms with E-state index in [1.807, 2.05) is 42.7 Å². The molecule has 0 saturated carbocycles. The van der Waals surface area contributed by atoms with Gasteiger partial charge < -0.3 is 9.13 Å². The fraction of sp³-hybridized carbons (Fsp3) is 0.0833. The van der Waals surface area contributed by atoms with Crippen LogP contribution in [0.3, 0.4) is 0 Å². The molecule has 2 heteroatoms. The van der Waals surface area contributed by atoms with E-state index in [1.54, 1.807) is 0 Å². The highest BCUT2D eigenvalue weighted by Gasteiger charge is 2.15. The predicted octanol–water partition coefficient (Wildman–Crippen LogP) is 6.30. The highest BCUT2D eigenvalue weighted by atomic mass is 15.0. The SMILES string of the molecule is C.C=C.c1ccc(-n2cccc2)cc1.c1ccc2c(c1)Cc1cccn1-2. The topological polar surface area (TPSA) is 9.86 Å². The zero-order valence-corrected chi connectivity index (χ0v) is 14.3. The Hall–Kier alpha value is -3.26. The minimum atomic E-state index is 0. The Morgan fingerprint density at radius 2 is 1.31 bits per heavy atom. The number of benzene rings is 2. The lowest BCUT2D eigenvalue weighted by Crippen LogP contribution is -1.87. The summed E-state index contributed by atoms with van der Waals surface area (Å²) in [5, 5.41) is 0. The first-order chi connectivity index (χ1) is 12.4. The molecule has 1 aliphatic rings. The fourth-order valence-corrected chi connectivity index (χ4v) is 2.99. The Bertz CT molecular complexity index is 902. The standard InChI is InChI=1S/C11H9N.C10H9N.C2H4.CH4/c1-2-6-11-9(4-1)8-10-5-3-7-12(10)11;1-2-6-10(7-3-1)11-8-4-5-9-11;1-2;/h1-7H,8H2;1-9H;1-2H2;1H4. The molecule has 0 aliphatic carbocycles. The molecule has 1 aliphatic heterocycles. The maximum absolute atomic E-state index is 3.00. The fourth-order valence-electron chi connectivity index (χ4n) is 2.99. The summed E-state index contributed by atoms with van der Waals surface area (Å²) in [5.74, 6) is 0. The summed E-state index contributed by atoms with van der Waals surface area (Å²) in [6, 6.07) is 27.1. The molecule has 0 amide bonds. The number of fused-ring (bicyclic) bond motifs is 3. The van der Waals surface area contributed by atoms with E-state index in [4.69, 9.17) is 0 Å². The summed E-state index contributed by atoms with van der Waals surface area (Å²) in [4.78, 5) is 0. The number of aromatic nitrogens is 2. The van der Waals surface area contributed by atoms with E-state index in [0.717, 1.165) is 6.42 Å². The molecule has 0 unspecified atom stereocenters. The summed E-state index contributed by atoms with van der Waals surface area (Å²) < 4.78 is 4.34. The van der Waals surface area contributed by atoms with Crippen molar-refractivity contribution >= 4 is 0 Å². The molecular formula is C24H26N2. The minimum absolute atomic E-state index is 0. The van der Waals surface area contributed by atoms with Crippen LogP contribution in [0.25, 0.3) is 11.4 Å². The third kappa shape index (κ3) is 4.04. The van der Waals surface area contributed by atoms with Gasteiger partial charge in [-0.05, 0) is 48.0 Å². The molecule has 26 heavy (non-hydrogen) atoms. The van der Waals surface area contributed by atoms with Gasteiger partial charge in [-0.3, -0.25) is 0 Å². The second-order valence-electron chi connectivity index (χ2n) is 5.60. The lowest BCUT2D eigenvalue weighted by molar-refractivity contribution is 1.05. The van der Waals surface area contributed by atoms with Crippen LogP contribution in [0.5, 0.6) is 0 Å². The van der Waals surface area contributed by atoms with E-state index in [9.17, 15) is 0 Å². The number of para-hydroxylation sites is 2. The molecule has 0 saturated heterocycles. The van der Waals surface area contributed by atoms with Gasteiger partial charge in [0, 0.05) is 42.1 Å². The van der Waals surface area contributed by atoms with E-state index in [0.29, 0.717) is 0 Å².